The highest BCUT2D eigenvalue weighted by atomic mass is 16.5. The molecule has 7 nitrogen and oxygen atoms in total. The van der Waals surface area contributed by atoms with Crippen molar-refractivity contribution in [2.24, 2.45) is 0 Å². The van der Waals surface area contributed by atoms with E-state index in [0.717, 1.165) is 30.5 Å². The largest absolute Gasteiger partial charge is 0.355 e. The van der Waals surface area contributed by atoms with E-state index in [4.69, 9.17) is 4.52 Å². The highest BCUT2D eigenvalue weighted by Gasteiger charge is 2.33. The first-order chi connectivity index (χ1) is 12.2. The summed E-state index contributed by atoms with van der Waals surface area (Å²) in [6.07, 6.45) is 4.55. The minimum atomic E-state index is -0.206. The summed E-state index contributed by atoms with van der Waals surface area (Å²) in [5.74, 6) is 0.383. The fraction of sp³-hybridized carbons (Fsp3) is 0.333. The lowest BCUT2D eigenvalue weighted by Gasteiger charge is -2.35. The van der Waals surface area contributed by atoms with Crippen LogP contribution < -0.4 is 5.32 Å². The van der Waals surface area contributed by atoms with Crippen LogP contribution in [-0.4, -0.2) is 32.1 Å². The lowest BCUT2D eigenvalue weighted by molar-refractivity contribution is 0.0878. The summed E-state index contributed by atoms with van der Waals surface area (Å²) in [6, 6.07) is 11.7. The van der Waals surface area contributed by atoms with Crippen molar-refractivity contribution < 1.29 is 9.32 Å². The van der Waals surface area contributed by atoms with Gasteiger partial charge in [0.2, 0.25) is 0 Å². The van der Waals surface area contributed by atoms with Crippen LogP contribution in [0.3, 0.4) is 0 Å². The van der Waals surface area contributed by atoms with Crippen molar-refractivity contribution in [3.05, 3.63) is 54.0 Å². The van der Waals surface area contributed by atoms with Gasteiger partial charge >= 0.3 is 0 Å². The van der Waals surface area contributed by atoms with Gasteiger partial charge in [-0.3, -0.25) is 4.79 Å². The van der Waals surface area contributed by atoms with Crippen LogP contribution in [0.15, 0.2) is 47.1 Å². The lowest BCUT2D eigenvalue weighted by Crippen LogP contribution is -2.45. The maximum atomic E-state index is 12.3. The summed E-state index contributed by atoms with van der Waals surface area (Å²) in [4.78, 5) is 12.3. The number of benzene rings is 1. The number of hydrogen-bond acceptors (Lipinski definition) is 5. The van der Waals surface area contributed by atoms with E-state index in [9.17, 15) is 4.79 Å². The third kappa shape index (κ3) is 3.17. The summed E-state index contributed by atoms with van der Waals surface area (Å²) in [6.45, 7) is 2.06. The van der Waals surface area contributed by atoms with Gasteiger partial charge in [0.25, 0.3) is 5.91 Å². The number of carbonyl (C=O) groups is 1. The van der Waals surface area contributed by atoms with Gasteiger partial charge in [0, 0.05) is 23.9 Å². The van der Waals surface area contributed by atoms with Gasteiger partial charge in [-0.15, -0.1) is 5.10 Å². The smallest absolute Gasteiger partial charge is 0.273 e. The Morgan fingerprint density at radius 1 is 1.32 bits per heavy atom. The summed E-state index contributed by atoms with van der Waals surface area (Å²) >= 11 is 0. The molecule has 0 saturated heterocycles. The molecule has 1 aliphatic carbocycles. The Bertz CT molecular complexity index is 864. The van der Waals surface area contributed by atoms with Crippen molar-refractivity contribution in [2.75, 3.05) is 0 Å². The average Bonchev–Trinajstić information content (AvgIpc) is 3.27. The fourth-order valence-corrected chi connectivity index (χ4v) is 2.96. The number of amides is 1. The van der Waals surface area contributed by atoms with E-state index in [0.29, 0.717) is 17.5 Å². The van der Waals surface area contributed by atoms with Gasteiger partial charge in [-0.25, -0.2) is 4.68 Å². The van der Waals surface area contributed by atoms with E-state index >= 15 is 0 Å². The normalized spacial score (nSPS) is 19.4. The molecule has 3 aromatic rings. The van der Waals surface area contributed by atoms with E-state index in [1.165, 1.54) is 0 Å². The van der Waals surface area contributed by atoms with Crippen molar-refractivity contribution in [1.29, 1.82) is 0 Å². The molecule has 7 heteroatoms. The zero-order chi connectivity index (χ0) is 17.2. The molecule has 0 aliphatic heterocycles. The van der Waals surface area contributed by atoms with Gasteiger partial charge in [-0.05, 0) is 19.3 Å². The first-order valence-electron chi connectivity index (χ1n) is 8.46. The Kier molecular flexibility index (Phi) is 4.05. The standard InChI is InChI=1S/C18H19N5O2/c1-2-13-11-23(22-20-13)15-8-14(9-15)19-18(24)16-10-17(25-21-16)12-6-4-3-5-7-12/h3-7,10-11,14-15H,2,8-9H2,1H3,(H,19,24)/t14-,15-. The minimum absolute atomic E-state index is 0.128. The molecule has 4 rings (SSSR count). The average molecular weight is 337 g/mol. The lowest BCUT2D eigenvalue weighted by atomic mass is 9.87. The van der Waals surface area contributed by atoms with Crippen molar-refractivity contribution in [1.82, 2.24) is 25.5 Å². The number of rotatable bonds is 5. The van der Waals surface area contributed by atoms with Gasteiger partial charge in [-0.2, -0.15) is 0 Å². The van der Waals surface area contributed by atoms with E-state index in [2.05, 4.69) is 27.7 Å². The topological polar surface area (TPSA) is 85.8 Å². The highest BCUT2D eigenvalue weighted by molar-refractivity contribution is 5.93. The van der Waals surface area contributed by atoms with Gasteiger partial charge in [0.1, 0.15) is 0 Å². The third-order valence-corrected chi connectivity index (χ3v) is 4.54. The van der Waals surface area contributed by atoms with Crippen molar-refractivity contribution in [2.45, 2.75) is 38.3 Å². The van der Waals surface area contributed by atoms with Crippen molar-refractivity contribution in [3.8, 4) is 11.3 Å². The summed E-state index contributed by atoms with van der Waals surface area (Å²) < 4.78 is 7.17. The Morgan fingerprint density at radius 3 is 2.84 bits per heavy atom. The molecule has 1 aromatic carbocycles. The molecule has 1 N–H and O–H groups in total. The van der Waals surface area contributed by atoms with Crippen LogP contribution in [0.2, 0.25) is 0 Å². The zero-order valence-corrected chi connectivity index (χ0v) is 13.9. The molecule has 128 valence electrons. The number of nitrogens with one attached hydrogen (secondary N) is 1. The van der Waals surface area contributed by atoms with E-state index in [-0.39, 0.29) is 11.9 Å². The second-order valence-electron chi connectivity index (χ2n) is 6.28. The molecule has 1 saturated carbocycles. The molecule has 2 heterocycles. The number of hydrogen-bond donors (Lipinski definition) is 1. The van der Waals surface area contributed by atoms with Crippen LogP contribution in [0.1, 0.15) is 42.0 Å². The highest BCUT2D eigenvalue weighted by Crippen LogP contribution is 2.31. The van der Waals surface area contributed by atoms with Crippen LogP contribution in [0.4, 0.5) is 0 Å². The molecule has 0 bridgehead atoms. The Morgan fingerprint density at radius 2 is 2.12 bits per heavy atom. The molecule has 0 radical (unpaired) electrons. The fourth-order valence-electron chi connectivity index (χ4n) is 2.96. The molecule has 0 spiro atoms. The summed E-state index contributed by atoms with van der Waals surface area (Å²) in [5, 5.41) is 15.1. The van der Waals surface area contributed by atoms with Crippen LogP contribution in [-0.2, 0) is 6.42 Å². The number of aryl methyl sites for hydroxylation is 1. The monoisotopic (exact) mass is 337 g/mol. The number of carbonyl (C=O) groups excluding carboxylic acids is 1. The summed E-state index contributed by atoms with van der Waals surface area (Å²) in [5.41, 5.74) is 2.19. The molecule has 25 heavy (non-hydrogen) atoms. The number of nitrogens with zero attached hydrogens (tertiary/aromatic N) is 4. The quantitative estimate of drug-likeness (QED) is 0.773. The van der Waals surface area contributed by atoms with Gasteiger partial charge in [-0.1, -0.05) is 47.6 Å². The van der Waals surface area contributed by atoms with Crippen LogP contribution in [0.5, 0.6) is 0 Å². The second kappa shape index (κ2) is 6.51. The van der Waals surface area contributed by atoms with E-state index in [1.807, 2.05) is 41.2 Å². The zero-order valence-electron chi connectivity index (χ0n) is 13.9. The van der Waals surface area contributed by atoms with Gasteiger partial charge in [0.05, 0.1) is 11.7 Å². The third-order valence-electron chi connectivity index (χ3n) is 4.54. The molecule has 2 aromatic heterocycles. The SMILES string of the molecule is CCc1cn([C@H]2C[C@H](NC(=O)c3cc(-c4ccccc4)on3)C2)nn1. The summed E-state index contributed by atoms with van der Waals surface area (Å²) in [7, 11) is 0. The predicted octanol–water partition coefficient (Wildman–Crippen LogP) is 2.63. The van der Waals surface area contributed by atoms with Gasteiger partial charge in [0.15, 0.2) is 11.5 Å². The Balaban J connectivity index is 1.34. The molecule has 0 atom stereocenters. The number of aromatic nitrogens is 4. The van der Waals surface area contributed by atoms with Crippen molar-refractivity contribution in [3.63, 3.8) is 0 Å². The van der Waals surface area contributed by atoms with Gasteiger partial charge < -0.3 is 9.84 Å². The van der Waals surface area contributed by atoms with Crippen LogP contribution in [0.25, 0.3) is 11.3 Å². The molecular weight excluding hydrogens is 318 g/mol. The first kappa shape index (κ1) is 15.6. The first-order valence-corrected chi connectivity index (χ1v) is 8.46. The molecule has 0 unspecified atom stereocenters. The maximum absolute atomic E-state index is 12.3. The van der Waals surface area contributed by atoms with Crippen molar-refractivity contribution >= 4 is 5.91 Å². The molecular formula is C18H19N5O2. The second-order valence-corrected chi connectivity index (χ2v) is 6.28. The van der Waals surface area contributed by atoms with E-state index < -0.39 is 0 Å². The molecule has 1 amide bonds. The maximum Gasteiger partial charge on any atom is 0.273 e. The molecule has 1 fully saturated rings. The Hall–Kier alpha value is -2.96. The Labute approximate surface area is 145 Å². The minimum Gasteiger partial charge on any atom is -0.355 e. The predicted molar refractivity (Wildman–Crippen MR) is 90.9 cm³/mol. The van der Waals surface area contributed by atoms with E-state index in [1.54, 1.807) is 6.07 Å². The van der Waals surface area contributed by atoms with Crippen LogP contribution >= 0.6 is 0 Å². The van der Waals surface area contributed by atoms with Crippen LogP contribution in [0, 0.1) is 0 Å². The molecule has 1 aliphatic rings.